The lowest BCUT2D eigenvalue weighted by Gasteiger charge is -2.41. The van der Waals surface area contributed by atoms with E-state index in [1.54, 1.807) is 0 Å². The Balaban J connectivity index is 1.88. The molecule has 2 aliphatic rings. The van der Waals surface area contributed by atoms with Crippen LogP contribution < -0.4 is 0 Å². The summed E-state index contributed by atoms with van der Waals surface area (Å²) < 4.78 is 0. The number of likely N-dealkylation sites (tertiary alicyclic amines) is 2. The lowest BCUT2D eigenvalue weighted by Crippen LogP contribution is -2.49. The van der Waals surface area contributed by atoms with Gasteiger partial charge in [0.25, 0.3) is 0 Å². The van der Waals surface area contributed by atoms with Crippen molar-refractivity contribution >= 4 is 0 Å². The summed E-state index contributed by atoms with van der Waals surface area (Å²) >= 11 is 0. The number of hydrogen-bond acceptors (Lipinski definition) is 2. The number of piperidine rings is 1. The quantitative estimate of drug-likeness (QED) is 0.664. The summed E-state index contributed by atoms with van der Waals surface area (Å²) in [4.78, 5) is 5.33. The number of hydrogen-bond donors (Lipinski definition) is 0. The van der Waals surface area contributed by atoms with Gasteiger partial charge in [0.05, 0.1) is 0 Å². The highest BCUT2D eigenvalue weighted by Crippen LogP contribution is 2.24. The number of rotatable bonds is 2. The Labute approximate surface area is 88.3 Å². The molecule has 2 rings (SSSR count). The van der Waals surface area contributed by atoms with E-state index in [1.807, 2.05) is 0 Å². The molecule has 2 heterocycles. The van der Waals surface area contributed by atoms with E-state index in [0.29, 0.717) is 0 Å². The van der Waals surface area contributed by atoms with E-state index in [-0.39, 0.29) is 0 Å². The van der Waals surface area contributed by atoms with Crippen LogP contribution in [-0.4, -0.2) is 48.6 Å². The molecule has 2 nitrogen and oxygen atoms in total. The molecule has 0 radical (unpaired) electrons. The van der Waals surface area contributed by atoms with Gasteiger partial charge in [-0.15, -0.1) is 0 Å². The molecule has 0 N–H and O–H groups in total. The predicted molar refractivity (Wildman–Crippen MR) is 60.5 cm³/mol. The fourth-order valence-electron chi connectivity index (χ4n) is 3.12. The average molecular weight is 196 g/mol. The van der Waals surface area contributed by atoms with E-state index >= 15 is 0 Å². The minimum atomic E-state index is 0.877. The summed E-state index contributed by atoms with van der Waals surface area (Å²) in [5.74, 6) is 0.877. The van der Waals surface area contributed by atoms with Crippen LogP contribution in [-0.2, 0) is 0 Å². The van der Waals surface area contributed by atoms with Gasteiger partial charge in [-0.25, -0.2) is 0 Å². The second-order valence-electron chi connectivity index (χ2n) is 4.97. The van der Waals surface area contributed by atoms with Crippen molar-refractivity contribution in [2.24, 2.45) is 5.92 Å². The molecule has 0 aliphatic carbocycles. The van der Waals surface area contributed by atoms with Crippen molar-refractivity contribution in [3.63, 3.8) is 0 Å². The lowest BCUT2D eigenvalue weighted by atomic mass is 9.92. The fourth-order valence-corrected chi connectivity index (χ4v) is 3.12. The van der Waals surface area contributed by atoms with Crippen molar-refractivity contribution < 1.29 is 0 Å². The van der Waals surface area contributed by atoms with E-state index in [4.69, 9.17) is 0 Å². The molecule has 0 amide bonds. The molecular weight excluding hydrogens is 172 g/mol. The first kappa shape index (κ1) is 10.4. The van der Waals surface area contributed by atoms with Gasteiger partial charge in [0.2, 0.25) is 0 Å². The zero-order valence-corrected chi connectivity index (χ0v) is 9.71. The summed E-state index contributed by atoms with van der Waals surface area (Å²) in [6, 6.07) is 0.889. The van der Waals surface area contributed by atoms with Gasteiger partial charge < -0.3 is 9.80 Å². The van der Waals surface area contributed by atoms with Crippen molar-refractivity contribution in [3.05, 3.63) is 0 Å². The van der Waals surface area contributed by atoms with Gasteiger partial charge in [0, 0.05) is 12.6 Å². The summed E-state index contributed by atoms with van der Waals surface area (Å²) in [5, 5.41) is 0. The van der Waals surface area contributed by atoms with E-state index in [2.05, 4.69) is 23.6 Å². The summed E-state index contributed by atoms with van der Waals surface area (Å²) in [5.41, 5.74) is 0. The van der Waals surface area contributed by atoms with Crippen LogP contribution in [0.1, 0.15) is 33.1 Å². The van der Waals surface area contributed by atoms with Gasteiger partial charge in [-0.2, -0.15) is 0 Å². The molecule has 2 aliphatic heterocycles. The molecule has 0 bridgehead atoms. The van der Waals surface area contributed by atoms with Crippen LogP contribution in [0.4, 0.5) is 0 Å². The number of nitrogens with zero attached hydrogens (tertiary/aromatic N) is 2. The van der Waals surface area contributed by atoms with Crippen molar-refractivity contribution in [2.75, 3.05) is 32.7 Å². The van der Waals surface area contributed by atoms with Crippen molar-refractivity contribution in [3.8, 4) is 0 Å². The zero-order valence-electron chi connectivity index (χ0n) is 9.71. The Kier molecular flexibility index (Phi) is 3.45. The third-order valence-corrected chi connectivity index (χ3v) is 4.00. The molecular formula is C12H24N2. The first-order chi connectivity index (χ1) is 6.81. The Morgan fingerprint density at radius 2 is 1.86 bits per heavy atom. The van der Waals surface area contributed by atoms with Crippen LogP contribution in [0.3, 0.4) is 0 Å². The Hall–Kier alpha value is -0.0800. The molecule has 0 aromatic rings. The SMILES string of the molecule is CCN1CCC(N2CCCC2)C(C)C1. The lowest BCUT2D eigenvalue weighted by molar-refractivity contribution is 0.0819. The normalized spacial score (nSPS) is 36.4. The van der Waals surface area contributed by atoms with E-state index < -0.39 is 0 Å². The fraction of sp³-hybridized carbons (Fsp3) is 1.00. The highest BCUT2D eigenvalue weighted by molar-refractivity contribution is 4.86. The van der Waals surface area contributed by atoms with Crippen LogP contribution in [0, 0.1) is 5.92 Å². The Morgan fingerprint density at radius 3 is 2.43 bits per heavy atom. The van der Waals surface area contributed by atoms with Crippen molar-refractivity contribution in [1.29, 1.82) is 0 Å². The molecule has 0 aromatic carbocycles. The third-order valence-electron chi connectivity index (χ3n) is 4.00. The van der Waals surface area contributed by atoms with Gasteiger partial charge in [0.1, 0.15) is 0 Å². The van der Waals surface area contributed by atoms with Gasteiger partial charge in [-0.3, -0.25) is 0 Å². The average Bonchev–Trinajstić information content (AvgIpc) is 2.70. The molecule has 14 heavy (non-hydrogen) atoms. The van der Waals surface area contributed by atoms with Crippen molar-refractivity contribution in [2.45, 2.75) is 39.2 Å². The van der Waals surface area contributed by atoms with Crippen LogP contribution in [0.15, 0.2) is 0 Å². The second kappa shape index (κ2) is 4.63. The summed E-state index contributed by atoms with van der Waals surface area (Å²) in [7, 11) is 0. The molecule has 2 unspecified atom stereocenters. The molecule has 2 heteroatoms. The molecule has 82 valence electrons. The van der Waals surface area contributed by atoms with Gasteiger partial charge in [-0.1, -0.05) is 13.8 Å². The molecule has 0 aromatic heterocycles. The second-order valence-corrected chi connectivity index (χ2v) is 4.97. The Morgan fingerprint density at radius 1 is 1.14 bits per heavy atom. The van der Waals surface area contributed by atoms with E-state index in [9.17, 15) is 0 Å². The monoisotopic (exact) mass is 196 g/mol. The molecule has 0 spiro atoms. The standard InChI is InChI=1S/C12H24N2/c1-3-13-9-6-12(11(2)10-13)14-7-4-5-8-14/h11-12H,3-10H2,1-2H3. The van der Waals surface area contributed by atoms with Crippen LogP contribution in [0.25, 0.3) is 0 Å². The molecule has 2 saturated heterocycles. The highest BCUT2D eigenvalue weighted by Gasteiger charge is 2.30. The minimum Gasteiger partial charge on any atom is -0.303 e. The maximum atomic E-state index is 2.73. The first-order valence-corrected chi connectivity index (χ1v) is 6.27. The third kappa shape index (κ3) is 2.12. The van der Waals surface area contributed by atoms with Crippen LogP contribution in [0.2, 0.25) is 0 Å². The molecule has 2 fully saturated rings. The maximum Gasteiger partial charge on any atom is 0.0145 e. The Bertz CT molecular complexity index is 175. The first-order valence-electron chi connectivity index (χ1n) is 6.27. The maximum absolute atomic E-state index is 2.73. The van der Waals surface area contributed by atoms with Crippen LogP contribution in [0.5, 0.6) is 0 Å². The summed E-state index contributed by atoms with van der Waals surface area (Å²) in [6.07, 6.45) is 4.26. The van der Waals surface area contributed by atoms with E-state index in [1.165, 1.54) is 52.0 Å². The highest BCUT2D eigenvalue weighted by atomic mass is 15.2. The van der Waals surface area contributed by atoms with Crippen molar-refractivity contribution in [1.82, 2.24) is 9.80 Å². The molecule has 2 atom stereocenters. The van der Waals surface area contributed by atoms with Gasteiger partial charge in [0.15, 0.2) is 0 Å². The largest absolute Gasteiger partial charge is 0.303 e. The smallest absolute Gasteiger partial charge is 0.0145 e. The van der Waals surface area contributed by atoms with Crippen LogP contribution >= 0.6 is 0 Å². The van der Waals surface area contributed by atoms with E-state index in [0.717, 1.165) is 12.0 Å². The van der Waals surface area contributed by atoms with Gasteiger partial charge >= 0.3 is 0 Å². The zero-order chi connectivity index (χ0) is 9.97. The molecule has 0 saturated carbocycles. The topological polar surface area (TPSA) is 6.48 Å². The van der Waals surface area contributed by atoms with Gasteiger partial charge in [-0.05, 0) is 51.4 Å². The minimum absolute atomic E-state index is 0.877. The predicted octanol–water partition coefficient (Wildman–Crippen LogP) is 1.81. The summed E-state index contributed by atoms with van der Waals surface area (Å²) in [6.45, 7) is 11.3.